The number of nitrogens with two attached hydrogens (primary N) is 1. The lowest BCUT2D eigenvalue weighted by molar-refractivity contribution is -0.138. The minimum absolute atomic E-state index is 0.127. The lowest BCUT2D eigenvalue weighted by atomic mass is 9.81. The fraction of sp³-hybridized carbons (Fsp3) is 0.444. The van der Waals surface area contributed by atoms with Gasteiger partial charge in [-0.25, -0.2) is 0 Å². The second-order valence-electron chi connectivity index (χ2n) is 12.3. The number of piperidine rings is 2. The van der Waals surface area contributed by atoms with Gasteiger partial charge in [-0.3, -0.25) is 9.59 Å². The number of likely N-dealkylation sites (N-methyl/N-ethyl adjacent to an activating group) is 2. The molecular weight excluding hydrogens is 593 g/mol. The van der Waals surface area contributed by atoms with E-state index in [0.717, 1.165) is 44.0 Å². The lowest BCUT2D eigenvalue weighted by Crippen LogP contribution is -2.55. The summed E-state index contributed by atoms with van der Waals surface area (Å²) in [5.74, 6) is -0.321. The topological polar surface area (TPSA) is 98.9 Å². The van der Waals surface area contributed by atoms with E-state index < -0.39 is 17.3 Å². The van der Waals surface area contributed by atoms with Crippen LogP contribution in [0.1, 0.15) is 70.8 Å². The van der Waals surface area contributed by atoms with Crippen molar-refractivity contribution in [1.82, 2.24) is 15.1 Å². The molecule has 3 aromatic carbocycles. The van der Waals surface area contributed by atoms with E-state index in [9.17, 15) is 18.0 Å². The molecule has 7 nitrogen and oxygen atoms in total. The van der Waals surface area contributed by atoms with Gasteiger partial charge in [0.15, 0.2) is 0 Å². The molecule has 2 aliphatic heterocycles. The van der Waals surface area contributed by atoms with Crippen molar-refractivity contribution < 1.29 is 27.9 Å². The van der Waals surface area contributed by atoms with Gasteiger partial charge >= 0.3 is 6.18 Å². The van der Waals surface area contributed by atoms with E-state index in [-0.39, 0.29) is 23.5 Å². The summed E-state index contributed by atoms with van der Waals surface area (Å²) in [4.78, 5) is 26.1. The zero-order chi connectivity index (χ0) is 34.0. The first-order valence-electron chi connectivity index (χ1n) is 15.7. The Bertz CT molecular complexity index is 1420. The van der Waals surface area contributed by atoms with Crippen molar-refractivity contribution in [3.63, 3.8) is 0 Å². The largest absolute Gasteiger partial charge is 0.483 e. The third-order valence-corrected chi connectivity index (χ3v) is 8.93. The number of nitrogens with one attached hydrogen (secondary N) is 1. The fourth-order valence-corrected chi connectivity index (χ4v) is 6.76. The summed E-state index contributed by atoms with van der Waals surface area (Å²) < 4.78 is 39.9. The van der Waals surface area contributed by atoms with Crippen LogP contribution >= 0.6 is 0 Å². The second-order valence-corrected chi connectivity index (χ2v) is 12.3. The summed E-state index contributed by atoms with van der Waals surface area (Å²) in [5.41, 5.74) is 8.24. The fourth-order valence-electron chi connectivity index (χ4n) is 6.76. The molecule has 0 bridgehead atoms. The second kappa shape index (κ2) is 16.2. The van der Waals surface area contributed by atoms with Crippen LogP contribution in [0.5, 0.6) is 0 Å². The highest BCUT2D eigenvalue weighted by Gasteiger charge is 2.39. The number of rotatable bonds is 5. The zero-order valence-corrected chi connectivity index (χ0v) is 27.2. The molecule has 0 aromatic heterocycles. The number of nitrogens with zero attached hydrogens (tertiary/aromatic N) is 2. The SMILES string of the molecule is CCc1c(C(=O)NC2(c3ccccc3)CCCN(C)C2)ccc(C(F)(F)F)c1C.CN1CCCC(N)(c2ccccc2)C1.O=CO. The molecule has 2 saturated heterocycles. The van der Waals surface area contributed by atoms with Crippen molar-refractivity contribution in [2.24, 2.45) is 5.73 Å². The van der Waals surface area contributed by atoms with Gasteiger partial charge in [0.1, 0.15) is 0 Å². The van der Waals surface area contributed by atoms with E-state index >= 15 is 0 Å². The Morgan fingerprint density at radius 2 is 1.43 bits per heavy atom. The highest BCUT2D eigenvalue weighted by molar-refractivity contribution is 5.96. The van der Waals surface area contributed by atoms with E-state index in [1.165, 1.54) is 31.5 Å². The molecule has 2 unspecified atom stereocenters. The first-order valence-corrected chi connectivity index (χ1v) is 15.7. The average Bonchev–Trinajstić information content (AvgIpc) is 3.02. The van der Waals surface area contributed by atoms with Gasteiger partial charge in [-0.1, -0.05) is 67.6 Å². The van der Waals surface area contributed by atoms with E-state index in [1.807, 2.05) is 43.4 Å². The van der Waals surface area contributed by atoms with Crippen LogP contribution in [0.15, 0.2) is 72.8 Å². The van der Waals surface area contributed by atoms with Crippen molar-refractivity contribution in [2.75, 3.05) is 40.3 Å². The predicted octanol–water partition coefficient (Wildman–Crippen LogP) is 6.19. The van der Waals surface area contributed by atoms with Crippen LogP contribution in [-0.2, 0) is 28.5 Å². The molecular formula is C36H47F3N4O3. The molecule has 2 aliphatic rings. The minimum Gasteiger partial charge on any atom is -0.483 e. The molecule has 0 radical (unpaired) electrons. The van der Waals surface area contributed by atoms with Gasteiger partial charge in [0.2, 0.25) is 0 Å². The van der Waals surface area contributed by atoms with Crippen molar-refractivity contribution in [3.8, 4) is 0 Å². The number of likely N-dealkylation sites (tertiary alicyclic amines) is 2. The standard InChI is InChI=1S/C23H27F3N2O.C12H18N2.CH2O2/c1-4-18-16(2)20(23(24,25)26)12-11-19(18)21(29)27-22(13-8-14-28(3)15-22)17-9-6-5-7-10-17;1-14-9-5-8-12(13,10-14)11-6-3-2-4-7-11;2-1-3/h5-7,9-12H,4,8,13-15H2,1-3H3,(H,27,29);2-4,6-7H,5,8-10,13H2,1H3;1H,(H,2,3). The number of hydrogen-bond donors (Lipinski definition) is 3. The summed E-state index contributed by atoms with van der Waals surface area (Å²) in [6.07, 6.45) is -0.0626. The van der Waals surface area contributed by atoms with Crippen LogP contribution in [0.25, 0.3) is 0 Å². The quantitative estimate of drug-likeness (QED) is 0.288. The zero-order valence-electron chi connectivity index (χ0n) is 27.2. The van der Waals surface area contributed by atoms with E-state index in [4.69, 9.17) is 15.6 Å². The van der Waals surface area contributed by atoms with Gasteiger partial charge in [-0.2, -0.15) is 13.2 Å². The Kier molecular flexibility index (Phi) is 12.9. The summed E-state index contributed by atoms with van der Waals surface area (Å²) in [5, 5.41) is 10.1. The number of carboxylic acid groups (broad SMARTS) is 1. The Hall–Kier alpha value is -3.73. The van der Waals surface area contributed by atoms with E-state index in [0.29, 0.717) is 24.1 Å². The maximum atomic E-state index is 13.3. The molecule has 0 spiro atoms. The van der Waals surface area contributed by atoms with Crippen LogP contribution in [0.3, 0.4) is 0 Å². The number of alkyl halides is 3. The van der Waals surface area contributed by atoms with Crippen molar-refractivity contribution in [3.05, 3.63) is 106 Å². The Morgan fingerprint density at radius 3 is 1.93 bits per heavy atom. The number of benzene rings is 3. The van der Waals surface area contributed by atoms with Gasteiger partial charge in [-0.05, 0) is 101 Å². The summed E-state index contributed by atoms with van der Waals surface area (Å²) in [6, 6.07) is 22.6. The molecule has 250 valence electrons. The molecule has 2 fully saturated rings. The van der Waals surface area contributed by atoms with Gasteiger partial charge in [0.25, 0.3) is 12.4 Å². The van der Waals surface area contributed by atoms with Crippen molar-refractivity contribution in [1.29, 1.82) is 0 Å². The maximum Gasteiger partial charge on any atom is 0.416 e. The molecule has 4 N–H and O–H groups in total. The van der Waals surface area contributed by atoms with Crippen LogP contribution in [0.4, 0.5) is 13.2 Å². The van der Waals surface area contributed by atoms with Crippen molar-refractivity contribution in [2.45, 2.75) is 63.2 Å². The third-order valence-electron chi connectivity index (χ3n) is 8.93. The normalized spacial score (nSPS) is 22.0. The van der Waals surface area contributed by atoms with Gasteiger partial charge in [0.05, 0.1) is 16.6 Å². The van der Waals surface area contributed by atoms with Gasteiger partial charge < -0.3 is 26.0 Å². The molecule has 3 aromatic rings. The number of amides is 1. The summed E-state index contributed by atoms with van der Waals surface area (Å²) in [6.45, 7) is 6.72. The first kappa shape index (κ1) is 36.7. The summed E-state index contributed by atoms with van der Waals surface area (Å²) >= 11 is 0. The minimum atomic E-state index is -4.43. The molecule has 1 amide bonds. The predicted molar refractivity (Wildman–Crippen MR) is 176 cm³/mol. The highest BCUT2D eigenvalue weighted by atomic mass is 19.4. The number of hydrogen-bond acceptors (Lipinski definition) is 5. The Labute approximate surface area is 270 Å². The van der Waals surface area contributed by atoms with Crippen LogP contribution < -0.4 is 11.1 Å². The van der Waals surface area contributed by atoms with Crippen LogP contribution in [0, 0.1) is 6.92 Å². The average molecular weight is 641 g/mol. The number of carbonyl (C=O) groups is 2. The Balaban J connectivity index is 0.000000281. The van der Waals surface area contributed by atoms with Crippen LogP contribution in [0.2, 0.25) is 0 Å². The third kappa shape index (κ3) is 9.18. The molecule has 46 heavy (non-hydrogen) atoms. The number of halogens is 3. The maximum absolute atomic E-state index is 13.3. The monoisotopic (exact) mass is 640 g/mol. The van der Waals surface area contributed by atoms with Gasteiger partial charge in [-0.15, -0.1) is 0 Å². The molecule has 10 heteroatoms. The van der Waals surface area contributed by atoms with E-state index in [2.05, 4.69) is 46.4 Å². The highest BCUT2D eigenvalue weighted by Crippen LogP contribution is 2.36. The molecule has 2 atom stereocenters. The van der Waals surface area contributed by atoms with Crippen LogP contribution in [-0.4, -0.2) is 67.6 Å². The molecule has 2 heterocycles. The first-order chi connectivity index (χ1) is 21.8. The lowest BCUT2D eigenvalue weighted by Gasteiger charge is -2.42. The summed E-state index contributed by atoms with van der Waals surface area (Å²) in [7, 11) is 4.16. The smallest absolute Gasteiger partial charge is 0.416 e. The van der Waals surface area contributed by atoms with E-state index in [1.54, 1.807) is 6.92 Å². The van der Waals surface area contributed by atoms with Gasteiger partial charge in [0, 0.05) is 18.7 Å². The van der Waals surface area contributed by atoms with Crippen molar-refractivity contribution >= 4 is 12.4 Å². The Morgan fingerprint density at radius 1 is 0.913 bits per heavy atom. The molecule has 0 aliphatic carbocycles. The number of carbonyl (C=O) groups excluding carboxylic acids is 1. The molecule has 0 saturated carbocycles. The molecule has 5 rings (SSSR count).